The number of amides is 1. The first kappa shape index (κ1) is 20.6. The number of para-hydroxylation sites is 1. The van der Waals surface area contributed by atoms with Crippen LogP contribution in [0.1, 0.15) is 18.1 Å². The fourth-order valence-electron chi connectivity index (χ4n) is 2.33. The molecule has 8 heteroatoms. The summed E-state index contributed by atoms with van der Waals surface area (Å²) in [4.78, 5) is 34.1. The van der Waals surface area contributed by atoms with Gasteiger partial charge in [-0.15, -0.1) is 0 Å². The van der Waals surface area contributed by atoms with Crippen molar-refractivity contribution in [2.24, 2.45) is 0 Å². The highest BCUT2D eigenvalue weighted by atomic mass is 16.6. The third-order valence-corrected chi connectivity index (χ3v) is 3.65. The van der Waals surface area contributed by atoms with Crippen LogP contribution in [0.4, 0.5) is 11.4 Å². The Morgan fingerprint density at radius 3 is 2.68 bits per heavy atom. The summed E-state index contributed by atoms with van der Waals surface area (Å²) < 4.78 is 10.3. The maximum absolute atomic E-state index is 11.9. The summed E-state index contributed by atoms with van der Waals surface area (Å²) >= 11 is 0. The number of ether oxygens (including phenoxy) is 2. The smallest absolute Gasteiger partial charge is 0.331 e. The largest absolute Gasteiger partial charge is 0.493 e. The molecule has 2 aromatic rings. The van der Waals surface area contributed by atoms with E-state index in [0.717, 1.165) is 0 Å². The van der Waals surface area contributed by atoms with Crippen molar-refractivity contribution in [2.45, 2.75) is 13.8 Å². The summed E-state index contributed by atoms with van der Waals surface area (Å²) in [6, 6.07) is 11.5. The number of nitro groups is 1. The molecule has 0 radical (unpaired) electrons. The zero-order valence-corrected chi connectivity index (χ0v) is 15.5. The second-order valence-corrected chi connectivity index (χ2v) is 5.72. The predicted molar refractivity (Wildman–Crippen MR) is 104 cm³/mol. The van der Waals surface area contributed by atoms with Crippen molar-refractivity contribution in [3.63, 3.8) is 0 Å². The van der Waals surface area contributed by atoms with E-state index in [9.17, 15) is 19.7 Å². The lowest BCUT2D eigenvalue weighted by Crippen LogP contribution is -2.20. The highest BCUT2D eigenvalue weighted by Gasteiger charge is 2.13. The van der Waals surface area contributed by atoms with Crippen LogP contribution in [0.25, 0.3) is 6.08 Å². The number of benzene rings is 2. The molecule has 0 fully saturated rings. The second-order valence-electron chi connectivity index (χ2n) is 5.72. The predicted octanol–water partition coefficient (Wildman–Crippen LogP) is 3.50. The lowest BCUT2D eigenvalue weighted by Gasteiger charge is -2.07. The van der Waals surface area contributed by atoms with Crippen molar-refractivity contribution < 1.29 is 24.0 Å². The average Bonchev–Trinajstić information content (AvgIpc) is 2.67. The maximum atomic E-state index is 11.9. The molecule has 0 atom stereocenters. The number of rotatable bonds is 8. The van der Waals surface area contributed by atoms with Gasteiger partial charge in [-0.1, -0.05) is 24.3 Å². The molecule has 28 heavy (non-hydrogen) atoms. The molecular weight excluding hydrogens is 364 g/mol. The van der Waals surface area contributed by atoms with Gasteiger partial charge in [-0.25, -0.2) is 4.79 Å². The molecule has 0 heterocycles. The zero-order valence-electron chi connectivity index (χ0n) is 15.5. The number of nitro benzene ring substituents is 1. The number of esters is 1. The molecule has 0 aliphatic carbocycles. The number of nitrogens with zero attached hydrogens (tertiary/aromatic N) is 1. The van der Waals surface area contributed by atoms with Crippen LogP contribution >= 0.6 is 0 Å². The number of hydrogen-bond donors (Lipinski definition) is 1. The van der Waals surface area contributed by atoms with E-state index in [1.165, 1.54) is 30.4 Å². The van der Waals surface area contributed by atoms with E-state index in [-0.39, 0.29) is 11.4 Å². The van der Waals surface area contributed by atoms with Gasteiger partial charge in [-0.05, 0) is 32.1 Å². The molecule has 0 unspecified atom stereocenters. The van der Waals surface area contributed by atoms with E-state index in [1.807, 2.05) is 19.1 Å². The van der Waals surface area contributed by atoms with Gasteiger partial charge in [0.1, 0.15) is 5.75 Å². The Kier molecular flexibility index (Phi) is 7.27. The Morgan fingerprint density at radius 1 is 1.21 bits per heavy atom. The van der Waals surface area contributed by atoms with Crippen LogP contribution in [0.3, 0.4) is 0 Å². The monoisotopic (exact) mass is 384 g/mol. The fourth-order valence-corrected chi connectivity index (χ4v) is 2.33. The fraction of sp³-hybridized carbons (Fsp3) is 0.200. The molecule has 0 saturated heterocycles. The molecule has 1 N–H and O–H groups in total. The normalized spacial score (nSPS) is 10.5. The SMILES string of the molecule is CCOc1ccccc1/C=C/C(=O)OCC(=O)Nc1ccc(C)c([N+](=O)[O-])c1. The highest BCUT2D eigenvalue weighted by molar-refractivity contribution is 5.95. The highest BCUT2D eigenvalue weighted by Crippen LogP contribution is 2.22. The first-order chi connectivity index (χ1) is 13.4. The molecule has 0 aromatic heterocycles. The zero-order chi connectivity index (χ0) is 20.5. The molecule has 0 aliphatic heterocycles. The number of hydrogen-bond acceptors (Lipinski definition) is 6. The third-order valence-electron chi connectivity index (χ3n) is 3.65. The molecule has 2 aromatic carbocycles. The minimum atomic E-state index is -0.698. The van der Waals surface area contributed by atoms with Gasteiger partial charge in [0.05, 0.1) is 11.5 Å². The molecule has 1 amide bonds. The second kappa shape index (κ2) is 9.86. The van der Waals surface area contributed by atoms with Gasteiger partial charge in [0.2, 0.25) is 0 Å². The quantitative estimate of drug-likeness (QED) is 0.323. The Labute approximate surface area is 161 Å². The minimum Gasteiger partial charge on any atom is -0.493 e. The van der Waals surface area contributed by atoms with Gasteiger partial charge in [-0.2, -0.15) is 0 Å². The van der Waals surface area contributed by atoms with Crippen LogP contribution in [0.2, 0.25) is 0 Å². The summed E-state index contributed by atoms with van der Waals surface area (Å²) in [5.41, 5.74) is 1.33. The molecule has 2 rings (SSSR count). The van der Waals surface area contributed by atoms with Crippen LogP contribution in [-0.4, -0.2) is 30.0 Å². The number of anilines is 1. The van der Waals surface area contributed by atoms with Crippen molar-refractivity contribution in [3.05, 3.63) is 69.8 Å². The molecule has 0 bridgehead atoms. The molecule has 146 valence electrons. The summed E-state index contributed by atoms with van der Waals surface area (Å²) in [5, 5.41) is 13.4. The Morgan fingerprint density at radius 2 is 1.96 bits per heavy atom. The van der Waals surface area contributed by atoms with Crippen molar-refractivity contribution in [3.8, 4) is 5.75 Å². The van der Waals surface area contributed by atoms with Gasteiger partial charge in [0, 0.05) is 29.0 Å². The van der Waals surface area contributed by atoms with Crippen LogP contribution in [-0.2, 0) is 14.3 Å². The van der Waals surface area contributed by atoms with E-state index < -0.39 is 23.4 Å². The lowest BCUT2D eigenvalue weighted by atomic mass is 10.2. The van der Waals surface area contributed by atoms with Gasteiger partial charge in [0.15, 0.2) is 6.61 Å². The molecular formula is C20H20N2O6. The number of aryl methyl sites for hydroxylation is 1. The third kappa shape index (κ3) is 5.94. The summed E-state index contributed by atoms with van der Waals surface area (Å²) in [7, 11) is 0. The minimum absolute atomic E-state index is 0.106. The molecule has 0 saturated carbocycles. The van der Waals surface area contributed by atoms with Gasteiger partial charge < -0.3 is 14.8 Å². The Balaban J connectivity index is 1.90. The number of nitrogens with one attached hydrogen (secondary N) is 1. The molecule has 0 spiro atoms. The van der Waals surface area contributed by atoms with Crippen molar-refractivity contribution in [1.82, 2.24) is 0 Å². The van der Waals surface area contributed by atoms with E-state index in [0.29, 0.717) is 23.5 Å². The van der Waals surface area contributed by atoms with Crippen LogP contribution in [0, 0.1) is 17.0 Å². The van der Waals surface area contributed by atoms with Crippen molar-refractivity contribution in [1.29, 1.82) is 0 Å². The summed E-state index contributed by atoms with van der Waals surface area (Å²) in [6.45, 7) is 3.43. The topological polar surface area (TPSA) is 108 Å². The van der Waals surface area contributed by atoms with Crippen LogP contribution < -0.4 is 10.1 Å². The van der Waals surface area contributed by atoms with Gasteiger partial charge >= 0.3 is 5.97 Å². The summed E-state index contributed by atoms with van der Waals surface area (Å²) in [6.07, 6.45) is 2.73. The molecule has 8 nitrogen and oxygen atoms in total. The number of carbonyl (C=O) groups is 2. The van der Waals surface area contributed by atoms with Gasteiger partial charge in [0.25, 0.3) is 11.6 Å². The first-order valence-electron chi connectivity index (χ1n) is 8.52. The van der Waals surface area contributed by atoms with Crippen molar-refractivity contribution >= 4 is 29.3 Å². The van der Waals surface area contributed by atoms with E-state index in [1.54, 1.807) is 19.1 Å². The number of carbonyl (C=O) groups excluding carboxylic acids is 2. The Hall–Kier alpha value is -3.68. The maximum Gasteiger partial charge on any atom is 0.331 e. The van der Waals surface area contributed by atoms with Crippen LogP contribution in [0.5, 0.6) is 5.75 Å². The summed E-state index contributed by atoms with van der Waals surface area (Å²) in [5.74, 6) is -0.668. The van der Waals surface area contributed by atoms with Crippen LogP contribution in [0.15, 0.2) is 48.5 Å². The van der Waals surface area contributed by atoms with Crippen molar-refractivity contribution in [2.75, 3.05) is 18.5 Å². The van der Waals surface area contributed by atoms with Gasteiger partial charge in [-0.3, -0.25) is 14.9 Å². The Bertz CT molecular complexity index is 907. The van der Waals surface area contributed by atoms with E-state index >= 15 is 0 Å². The van der Waals surface area contributed by atoms with E-state index in [4.69, 9.17) is 9.47 Å². The standard InChI is InChI=1S/C20H20N2O6/c1-3-27-18-7-5-4-6-15(18)9-11-20(24)28-13-19(23)21-16-10-8-14(2)17(12-16)22(25)26/h4-12H,3,13H2,1-2H3,(H,21,23)/b11-9+. The lowest BCUT2D eigenvalue weighted by molar-refractivity contribution is -0.385. The molecule has 0 aliphatic rings. The first-order valence-corrected chi connectivity index (χ1v) is 8.52. The average molecular weight is 384 g/mol. The van der Waals surface area contributed by atoms with E-state index in [2.05, 4.69) is 5.32 Å².